The highest BCUT2D eigenvalue weighted by Crippen LogP contribution is 2.31. The fourth-order valence-corrected chi connectivity index (χ4v) is 4.15. The smallest absolute Gasteiger partial charge is 0.265 e. The lowest BCUT2D eigenvalue weighted by Crippen LogP contribution is -2.43. The van der Waals surface area contributed by atoms with Gasteiger partial charge in [0, 0.05) is 22.5 Å². The van der Waals surface area contributed by atoms with Crippen molar-refractivity contribution in [1.82, 2.24) is 4.98 Å². The van der Waals surface area contributed by atoms with Crippen LogP contribution in [0.3, 0.4) is 0 Å². The van der Waals surface area contributed by atoms with Gasteiger partial charge in [0.2, 0.25) is 5.91 Å². The van der Waals surface area contributed by atoms with Gasteiger partial charge in [-0.15, -0.1) is 11.3 Å². The average Bonchev–Trinajstić information content (AvgIpc) is 3.14. The van der Waals surface area contributed by atoms with Crippen molar-refractivity contribution in [3.8, 4) is 5.75 Å². The summed E-state index contributed by atoms with van der Waals surface area (Å²) in [6.45, 7) is 1.79. The molecule has 1 aliphatic heterocycles. The first-order valence-electron chi connectivity index (χ1n) is 9.02. The van der Waals surface area contributed by atoms with Crippen molar-refractivity contribution in [1.29, 1.82) is 0 Å². The molecule has 0 saturated heterocycles. The van der Waals surface area contributed by atoms with Crippen LogP contribution in [0.1, 0.15) is 16.0 Å². The second kappa shape index (κ2) is 8.23. The lowest BCUT2D eigenvalue weighted by atomic mass is 10.1. The number of nitrogens with one attached hydrogen (secondary N) is 1. The number of fused-ring (bicyclic) bond motifs is 1. The third kappa shape index (κ3) is 4.26. The van der Waals surface area contributed by atoms with E-state index in [1.165, 1.54) is 16.2 Å². The number of para-hydroxylation sites is 2. The van der Waals surface area contributed by atoms with E-state index in [0.717, 1.165) is 21.0 Å². The van der Waals surface area contributed by atoms with Crippen molar-refractivity contribution in [2.24, 2.45) is 0 Å². The Morgan fingerprint density at radius 1 is 1.28 bits per heavy atom. The number of thiazole rings is 1. The number of nitrogens with zero attached hydrogens (tertiary/aromatic N) is 2. The van der Waals surface area contributed by atoms with E-state index in [-0.39, 0.29) is 25.0 Å². The van der Waals surface area contributed by atoms with Gasteiger partial charge in [0.1, 0.15) is 12.3 Å². The molecule has 0 spiro atoms. The monoisotopic (exact) mass is 427 g/mol. The van der Waals surface area contributed by atoms with E-state index in [4.69, 9.17) is 16.3 Å². The molecule has 1 aliphatic rings. The molecule has 0 radical (unpaired) electrons. The first-order valence-corrected chi connectivity index (χ1v) is 10.2. The van der Waals surface area contributed by atoms with Gasteiger partial charge in [-0.1, -0.05) is 41.9 Å². The number of benzene rings is 2. The number of carbonyl (C=O) groups is 2. The van der Waals surface area contributed by atoms with Crippen molar-refractivity contribution in [3.63, 3.8) is 0 Å². The molecule has 0 bridgehead atoms. The number of amides is 2. The van der Waals surface area contributed by atoms with Gasteiger partial charge in [-0.25, -0.2) is 4.98 Å². The topological polar surface area (TPSA) is 71.5 Å². The number of aryl methyl sites for hydroxylation is 1. The fraction of sp³-hybridized carbons (Fsp3) is 0.190. The van der Waals surface area contributed by atoms with Crippen molar-refractivity contribution in [2.45, 2.75) is 13.3 Å². The van der Waals surface area contributed by atoms with E-state index in [0.29, 0.717) is 23.0 Å². The lowest BCUT2D eigenvalue weighted by molar-refractivity contribution is -0.123. The Morgan fingerprint density at radius 3 is 2.97 bits per heavy atom. The summed E-state index contributed by atoms with van der Waals surface area (Å²) in [5.74, 6) is 0.0174. The van der Waals surface area contributed by atoms with Crippen LogP contribution in [0.4, 0.5) is 10.8 Å². The van der Waals surface area contributed by atoms with Crippen LogP contribution in [0, 0.1) is 6.92 Å². The average molecular weight is 428 g/mol. The maximum atomic E-state index is 12.5. The molecule has 3 aromatic rings. The Kier molecular flexibility index (Phi) is 5.51. The van der Waals surface area contributed by atoms with Gasteiger partial charge in [-0.3, -0.25) is 14.5 Å². The first kappa shape index (κ1) is 19.4. The first-order chi connectivity index (χ1) is 14.0. The van der Waals surface area contributed by atoms with Crippen molar-refractivity contribution < 1.29 is 14.3 Å². The zero-order valence-electron chi connectivity index (χ0n) is 15.6. The van der Waals surface area contributed by atoms with E-state index in [9.17, 15) is 9.59 Å². The Hall–Kier alpha value is -2.90. The third-order valence-corrected chi connectivity index (χ3v) is 6.00. The number of hydrogen-bond acceptors (Lipinski definition) is 5. The maximum absolute atomic E-state index is 12.5. The molecular weight excluding hydrogens is 410 g/mol. The number of anilines is 2. The molecule has 1 N–H and O–H groups in total. The maximum Gasteiger partial charge on any atom is 0.265 e. The molecule has 0 aliphatic carbocycles. The SMILES string of the molecule is Cc1cccc(Cc2cnc(NC(=O)CN3C(=O)COc4ccccc43)s2)c1Cl. The molecule has 6 nitrogen and oxygen atoms in total. The highest BCUT2D eigenvalue weighted by molar-refractivity contribution is 7.15. The molecule has 4 rings (SSSR count). The van der Waals surface area contributed by atoms with Crippen LogP contribution < -0.4 is 15.0 Å². The molecule has 2 amide bonds. The normalized spacial score (nSPS) is 13.0. The highest BCUT2D eigenvalue weighted by atomic mass is 35.5. The molecule has 0 unspecified atom stereocenters. The van der Waals surface area contributed by atoms with Crippen molar-refractivity contribution in [3.05, 3.63) is 69.7 Å². The van der Waals surface area contributed by atoms with Crippen LogP contribution in [-0.2, 0) is 16.0 Å². The highest BCUT2D eigenvalue weighted by Gasteiger charge is 2.27. The Bertz CT molecular complexity index is 1080. The molecular formula is C21H18ClN3O3S. The minimum absolute atomic E-state index is 0.0804. The van der Waals surface area contributed by atoms with Gasteiger partial charge in [0.15, 0.2) is 11.7 Å². The summed E-state index contributed by atoms with van der Waals surface area (Å²) in [7, 11) is 0. The second-order valence-electron chi connectivity index (χ2n) is 6.64. The molecule has 0 atom stereocenters. The van der Waals surface area contributed by atoms with Crippen LogP contribution in [0.5, 0.6) is 5.75 Å². The largest absolute Gasteiger partial charge is 0.482 e. The lowest BCUT2D eigenvalue weighted by Gasteiger charge is -2.28. The molecule has 2 aromatic carbocycles. The summed E-state index contributed by atoms with van der Waals surface area (Å²) >= 11 is 7.75. The van der Waals surface area contributed by atoms with Gasteiger partial charge >= 0.3 is 0 Å². The van der Waals surface area contributed by atoms with Crippen LogP contribution >= 0.6 is 22.9 Å². The van der Waals surface area contributed by atoms with E-state index in [1.54, 1.807) is 24.4 Å². The van der Waals surface area contributed by atoms with Gasteiger partial charge < -0.3 is 10.1 Å². The Morgan fingerprint density at radius 2 is 2.10 bits per heavy atom. The number of hydrogen-bond donors (Lipinski definition) is 1. The molecule has 2 heterocycles. The Labute approximate surface area is 177 Å². The predicted molar refractivity (Wildman–Crippen MR) is 114 cm³/mol. The van der Waals surface area contributed by atoms with Crippen LogP contribution in [0.2, 0.25) is 5.02 Å². The zero-order valence-corrected chi connectivity index (χ0v) is 17.2. The van der Waals surface area contributed by atoms with Crippen LogP contribution in [-0.4, -0.2) is 29.9 Å². The second-order valence-corrected chi connectivity index (χ2v) is 8.13. The van der Waals surface area contributed by atoms with E-state index >= 15 is 0 Å². The third-order valence-electron chi connectivity index (χ3n) is 4.55. The number of rotatable bonds is 5. The molecule has 1 aromatic heterocycles. The molecule has 148 valence electrons. The number of aromatic nitrogens is 1. The van der Waals surface area contributed by atoms with Crippen molar-refractivity contribution in [2.75, 3.05) is 23.4 Å². The summed E-state index contributed by atoms with van der Waals surface area (Å²) in [5.41, 5.74) is 2.63. The van der Waals surface area contributed by atoms with Gasteiger partial charge in [0.05, 0.1) is 5.69 Å². The molecule has 0 saturated carbocycles. The van der Waals surface area contributed by atoms with Crippen LogP contribution in [0.25, 0.3) is 0 Å². The molecule has 29 heavy (non-hydrogen) atoms. The number of halogens is 1. The fourth-order valence-electron chi connectivity index (χ4n) is 3.11. The summed E-state index contributed by atoms with van der Waals surface area (Å²) in [6, 6.07) is 13.1. The van der Waals surface area contributed by atoms with Gasteiger partial charge in [0.25, 0.3) is 5.91 Å². The van der Waals surface area contributed by atoms with Gasteiger partial charge in [-0.2, -0.15) is 0 Å². The van der Waals surface area contributed by atoms with E-state index in [1.807, 2.05) is 31.2 Å². The summed E-state index contributed by atoms with van der Waals surface area (Å²) in [4.78, 5) is 31.4. The number of ether oxygens (including phenoxy) is 1. The summed E-state index contributed by atoms with van der Waals surface area (Å²) in [6.07, 6.45) is 2.37. The minimum atomic E-state index is -0.315. The standard InChI is InChI=1S/C21H18ClN3O3S/c1-13-5-4-6-14(20(13)22)9-15-10-23-21(29-15)24-18(26)11-25-16-7-2-3-8-17(16)28-12-19(25)27/h2-8,10H,9,11-12H2,1H3,(H,23,24,26). The summed E-state index contributed by atoms with van der Waals surface area (Å²) < 4.78 is 5.40. The van der Waals surface area contributed by atoms with Crippen molar-refractivity contribution >= 4 is 45.6 Å². The minimum Gasteiger partial charge on any atom is -0.482 e. The predicted octanol–water partition coefficient (Wildman–Crippen LogP) is 4.06. The number of carbonyl (C=O) groups excluding carboxylic acids is 2. The van der Waals surface area contributed by atoms with E-state index in [2.05, 4.69) is 10.3 Å². The quantitative estimate of drug-likeness (QED) is 0.666. The molecule has 0 fully saturated rings. The Balaban J connectivity index is 1.42. The summed E-state index contributed by atoms with van der Waals surface area (Å²) in [5, 5.41) is 4.01. The van der Waals surface area contributed by atoms with Crippen LogP contribution in [0.15, 0.2) is 48.7 Å². The van der Waals surface area contributed by atoms with Gasteiger partial charge in [-0.05, 0) is 30.2 Å². The van der Waals surface area contributed by atoms with E-state index < -0.39 is 0 Å². The zero-order chi connectivity index (χ0) is 20.4. The molecule has 8 heteroatoms.